The minimum Gasteiger partial charge on any atom is -0.462 e. The molecule has 0 aromatic rings. The molecule has 0 fully saturated rings. The van der Waals surface area contributed by atoms with E-state index in [1.807, 2.05) is 13.8 Å². The van der Waals surface area contributed by atoms with Gasteiger partial charge in [0.2, 0.25) is 0 Å². The van der Waals surface area contributed by atoms with Crippen molar-refractivity contribution in [1.29, 1.82) is 0 Å². The summed E-state index contributed by atoms with van der Waals surface area (Å²) in [6, 6.07) is 0. The summed E-state index contributed by atoms with van der Waals surface area (Å²) in [6.45, 7) is 6.30. The molecule has 0 spiro atoms. The first-order valence-electron chi connectivity index (χ1n) is 3.46. The van der Waals surface area contributed by atoms with Crippen LogP contribution in [0.4, 0.5) is 0 Å². The van der Waals surface area contributed by atoms with Gasteiger partial charge in [0.15, 0.2) is 0 Å². The third kappa shape index (κ3) is 5.35. The summed E-state index contributed by atoms with van der Waals surface area (Å²) in [4.78, 5) is 10.6. The zero-order chi connectivity index (χ0) is 7.98. The molecule has 0 radical (unpaired) electrons. The summed E-state index contributed by atoms with van der Waals surface area (Å²) < 4.78 is 4.82. The Morgan fingerprint density at radius 2 is 2.20 bits per heavy atom. The molecule has 0 atom stereocenters. The molecule has 0 aromatic heterocycles. The van der Waals surface area contributed by atoms with Gasteiger partial charge in [-0.25, -0.2) is 4.79 Å². The van der Waals surface area contributed by atoms with E-state index in [4.69, 9.17) is 4.74 Å². The average Bonchev–Trinajstić information content (AvgIpc) is 1.85. The lowest BCUT2D eigenvalue weighted by atomic mass is 10.2. The molecule has 0 aliphatic heterocycles. The number of carbonyl (C=O) groups excluding carboxylic acids is 1. The third-order valence-corrected chi connectivity index (χ3v) is 0.862. The number of hydrogen-bond acceptors (Lipinski definition) is 2. The first kappa shape index (κ1) is 9.21. The van der Waals surface area contributed by atoms with E-state index in [2.05, 4.69) is 0 Å². The first-order valence-corrected chi connectivity index (χ1v) is 3.46. The molecule has 0 unspecified atom stereocenters. The summed E-state index contributed by atoms with van der Waals surface area (Å²) in [5, 5.41) is 0. The molecule has 0 N–H and O–H groups in total. The van der Waals surface area contributed by atoms with Crippen molar-refractivity contribution in [2.24, 2.45) is 5.92 Å². The second-order valence-corrected chi connectivity index (χ2v) is 2.52. The van der Waals surface area contributed by atoms with Gasteiger partial charge in [-0.2, -0.15) is 0 Å². The van der Waals surface area contributed by atoms with Crippen LogP contribution in [-0.2, 0) is 9.53 Å². The molecule has 0 rings (SSSR count). The normalized spacial score (nSPS) is 10.8. The van der Waals surface area contributed by atoms with Crippen LogP contribution >= 0.6 is 0 Å². The molecule has 0 saturated heterocycles. The fraction of sp³-hybridized carbons (Fsp3) is 0.625. The molecular formula is C8H14O2. The van der Waals surface area contributed by atoms with Crippen LogP contribution in [0.3, 0.4) is 0 Å². The minimum atomic E-state index is -0.254. The van der Waals surface area contributed by atoms with Crippen molar-refractivity contribution < 1.29 is 9.53 Å². The number of esters is 1. The number of carbonyl (C=O) groups is 1. The highest BCUT2D eigenvalue weighted by molar-refractivity contribution is 5.81. The maximum Gasteiger partial charge on any atom is 0.330 e. The monoisotopic (exact) mass is 142 g/mol. The summed E-state index contributed by atoms with van der Waals surface area (Å²) in [6.07, 6.45) is 3.09. The van der Waals surface area contributed by atoms with Crippen molar-refractivity contribution in [3.63, 3.8) is 0 Å². The lowest BCUT2D eigenvalue weighted by Gasteiger charge is -2.03. The number of rotatable bonds is 3. The number of ether oxygens (including phenoxy) is 1. The smallest absolute Gasteiger partial charge is 0.330 e. The molecule has 0 aromatic carbocycles. The van der Waals surface area contributed by atoms with Crippen molar-refractivity contribution in [1.82, 2.24) is 0 Å². The lowest BCUT2D eigenvalue weighted by Crippen LogP contribution is -2.06. The maximum atomic E-state index is 10.6. The van der Waals surface area contributed by atoms with E-state index in [-0.39, 0.29) is 5.97 Å². The highest BCUT2D eigenvalue weighted by Crippen LogP contribution is 1.92. The molecule has 0 heterocycles. The Bertz CT molecular complexity index is 125. The molecule has 2 nitrogen and oxygen atoms in total. The van der Waals surface area contributed by atoms with Crippen molar-refractivity contribution >= 4 is 5.97 Å². The third-order valence-electron chi connectivity index (χ3n) is 0.862. The van der Waals surface area contributed by atoms with Crippen molar-refractivity contribution in [3.8, 4) is 0 Å². The Morgan fingerprint density at radius 1 is 1.60 bits per heavy atom. The topological polar surface area (TPSA) is 26.3 Å². The first-order chi connectivity index (χ1) is 4.66. The summed E-state index contributed by atoms with van der Waals surface area (Å²) in [7, 11) is 0. The van der Waals surface area contributed by atoms with E-state index in [1.54, 1.807) is 13.0 Å². The number of hydrogen-bond donors (Lipinski definition) is 0. The molecule has 0 bridgehead atoms. The van der Waals surface area contributed by atoms with E-state index in [0.717, 1.165) is 0 Å². The highest BCUT2D eigenvalue weighted by Gasteiger charge is 1.97. The van der Waals surface area contributed by atoms with E-state index in [0.29, 0.717) is 12.5 Å². The Hall–Kier alpha value is -0.790. The van der Waals surface area contributed by atoms with Crippen molar-refractivity contribution in [3.05, 3.63) is 12.2 Å². The van der Waals surface area contributed by atoms with Crippen molar-refractivity contribution in [2.45, 2.75) is 20.8 Å². The summed E-state index contributed by atoms with van der Waals surface area (Å²) in [5.74, 6) is 0.158. The fourth-order valence-electron chi connectivity index (χ4n) is 0.433. The quantitative estimate of drug-likeness (QED) is 0.443. The molecule has 0 aliphatic rings. The van der Waals surface area contributed by atoms with Gasteiger partial charge in [-0.15, -0.1) is 0 Å². The van der Waals surface area contributed by atoms with Crippen LogP contribution in [0.5, 0.6) is 0 Å². The number of allylic oxidation sites excluding steroid dienone is 1. The maximum absolute atomic E-state index is 10.6. The van der Waals surface area contributed by atoms with Crippen LogP contribution in [-0.4, -0.2) is 12.6 Å². The second-order valence-electron chi connectivity index (χ2n) is 2.52. The average molecular weight is 142 g/mol. The van der Waals surface area contributed by atoms with Crippen molar-refractivity contribution in [2.75, 3.05) is 6.61 Å². The van der Waals surface area contributed by atoms with Crippen LogP contribution in [0.15, 0.2) is 12.2 Å². The van der Waals surface area contributed by atoms with E-state index < -0.39 is 0 Å². The van der Waals surface area contributed by atoms with E-state index in [1.165, 1.54) is 6.08 Å². The Morgan fingerprint density at radius 3 is 2.60 bits per heavy atom. The summed E-state index contributed by atoms with van der Waals surface area (Å²) in [5.41, 5.74) is 0. The van der Waals surface area contributed by atoms with Crippen LogP contribution < -0.4 is 0 Å². The van der Waals surface area contributed by atoms with Crippen LogP contribution in [0.1, 0.15) is 20.8 Å². The molecule has 0 aliphatic carbocycles. The van der Waals surface area contributed by atoms with E-state index in [9.17, 15) is 4.79 Å². The van der Waals surface area contributed by atoms with Gasteiger partial charge < -0.3 is 4.74 Å². The largest absolute Gasteiger partial charge is 0.462 e. The van der Waals surface area contributed by atoms with Gasteiger partial charge in [0.05, 0.1) is 6.61 Å². The van der Waals surface area contributed by atoms with Crippen LogP contribution in [0.2, 0.25) is 0 Å². The molecule has 10 heavy (non-hydrogen) atoms. The van der Waals surface area contributed by atoms with Gasteiger partial charge in [-0.3, -0.25) is 0 Å². The molecule has 0 amide bonds. The van der Waals surface area contributed by atoms with Gasteiger partial charge in [0, 0.05) is 6.08 Å². The summed E-state index contributed by atoms with van der Waals surface area (Å²) >= 11 is 0. The molecular weight excluding hydrogens is 128 g/mol. The predicted molar refractivity (Wildman–Crippen MR) is 40.6 cm³/mol. The van der Waals surface area contributed by atoms with Gasteiger partial charge in [0.1, 0.15) is 0 Å². The molecule has 58 valence electrons. The van der Waals surface area contributed by atoms with Gasteiger partial charge in [0.25, 0.3) is 0 Å². The zero-order valence-corrected chi connectivity index (χ0v) is 6.76. The van der Waals surface area contributed by atoms with E-state index >= 15 is 0 Å². The van der Waals surface area contributed by atoms with Gasteiger partial charge >= 0.3 is 5.97 Å². The van der Waals surface area contributed by atoms with Crippen LogP contribution in [0, 0.1) is 5.92 Å². The lowest BCUT2D eigenvalue weighted by molar-refractivity contribution is -0.138. The SMILES string of the molecule is C/C=C\C(=O)OCC(C)C. The predicted octanol–water partition coefficient (Wildman–Crippen LogP) is 1.76. The second kappa shape index (κ2) is 5.03. The molecule has 0 saturated carbocycles. The minimum absolute atomic E-state index is 0.254. The Balaban J connectivity index is 3.40. The Kier molecular flexibility index (Phi) is 4.63. The Labute approximate surface area is 61.9 Å². The molecule has 2 heteroatoms. The van der Waals surface area contributed by atoms with Gasteiger partial charge in [-0.1, -0.05) is 19.9 Å². The zero-order valence-electron chi connectivity index (χ0n) is 6.76. The highest BCUT2D eigenvalue weighted by atomic mass is 16.5. The standard InChI is InChI=1S/C8H14O2/c1-4-5-8(9)10-6-7(2)3/h4-5,7H,6H2,1-3H3/b5-4-. The fourth-order valence-corrected chi connectivity index (χ4v) is 0.433. The van der Waals surface area contributed by atoms with Crippen LogP contribution in [0.25, 0.3) is 0 Å². The van der Waals surface area contributed by atoms with Gasteiger partial charge in [-0.05, 0) is 12.8 Å².